The number of benzene rings is 1. The normalized spacial score (nSPS) is 14.3. The Morgan fingerprint density at radius 1 is 1.37 bits per heavy atom. The Hall–Kier alpha value is -1.20. The molecule has 1 aliphatic heterocycles. The topological polar surface area (TPSA) is 33.3 Å². The lowest BCUT2D eigenvalue weighted by Gasteiger charge is -2.21. The molecule has 0 fully saturated rings. The van der Waals surface area contributed by atoms with Gasteiger partial charge in [0.25, 0.3) is 6.43 Å². The van der Waals surface area contributed by atoms with Crippen LogP contribution in [0, 0.1) is 0 Å². The zero-order valence-electron chi connectivity index (χ0n) is 10.9. The van der Waals surface area contributed by atoms with Gasteiger partial charge in [0.1, 0.15) is 6.61 Å². The number of aryl methyl sites for hydroxylation is 1. The highest BCUT2D eigenvalue weighted by molar-refractivity contribution is 5.59. The Bertz CT molecular complexity index is 399. The molecule has 0 spiro atoms. The molecule has 0 aliphatic carbocycles. The summed E-state index contributed by atoms with van der Waals surface area (Å²) in [6, 6.07) is 6.30. The van der Waals surface area contributed by atoms with Gasteiger partial charge in [-0.3, -0.25) is 0 Å². The van der Waals surface area contributed by atoms with Gasteiger partial charge in [0.05, 0.1) is 6.61 Å². The molecule has 19 heavy (non-hydrogen) atoms. The maximum atomic E-state index is 11.8. The number of fused-ring (bicyclic) bond motifs is 1. The van der Waals surface area contributed by atoms with E-state index in [1.54, 1.807) is 0 Å². The van der Waals surface area contributed by atoms with Crippen molar-refractivity contribution in [2.24, 2.45) is 0 Å². The molecule has 0 bridgehead atoms. The predicted molar refractivity (Wildman–Crippen MR) is 71.8 cm³/mol. The number of hydrogen-bond acceptors (Lipinski definition) is 3. The van der Waals surface area contributed by atoms with Gasteiger partial charge in [0, 0.05) is 25.3 Å². The quantitative estimate of drug-likeness (QED) is 0.747. The van der Waals surface area contributed by atoms with E-state index in [1.165, 1.54) is 23.2 Å². The first-order chi connectivity index (χ1) is 9.27. The molecular formula is C14H20F2N2O. The van der Waals surface area contributed by atoms with Crippen molar-refractivity contribution < 1.29 is 13.5 Å². The van der Waals surface area contributed by atoms with Gasteiger partial charge in [0.2, 0.25) is 0 Å². The molecule has 106 valence electrons. The Balaban J connectivity index is 1.74. The summed E-state index contributed by atoms with van der Waals surface area (Å²) in [6.45, 7) is 2.16. The van der Waals surface area contributed by atoms with Crippen molar-refractivity contribution in [3.8, 4) is 0 Å². The molecule has 0 atom stereocenters. The van der Waals surface area contributed by atoms with Crippen molar-refractivity contribution in [2.45, 2.75) is 25.8 Å². The van der Waals surface area contributed by atoms with Crippen LogP contribution in [0.5, 0.6) is 0 Å². The molecule has 0 saturated heterocycles. The standard InChI is InChI=1S/C14H20F2N2O/c15-13(16)10-19-8-7-17-9-12-4-1-3-11-5-2-6-18-14(11)12/h1,3-4,13,17-18H,2,5-10H2. The largest absolute Gasteiger partial charge is 0.385 e. The van der Waals surface area contributed by atoms with Gasteiger partial charge >= 0.3 is 0 Å². The fourth-order valence-electron chi connectivity index (χ4n) is 2.27. The molecule has 2 N–H and O–H groups in total. The average Bonchev–Trinajstić information content (AvgIpc) is 2.42. The second kappa shape index (κ2) is 7.40. The molecule has 0 amide bonds. The van der Waals surface area contributed by atoms with E-state index in [1.807, 2.05) is 0 Å². The lowest BCUT2D eigenvalue weighted by Crippen LogP contribution is -2.22. The molecule has 0 unspecified atom stereocenters. The molecular weight excluding hydrogens is 250 g/mol. The fraction of sp³-hybridized carbons (Fsp3) is 0.571. The average molecular weight is 270 g/mol. The SMILES string of the molecule is FC(F)COCCNCc1cccc2c1NCCC2. The highest BCUT2D eigenvalue weighted by atomic mass is 19.3. The van der Waals surface area contributed by atoms with E-state index in [-0.39, 0.29) is 0 Å². The molecule has 5 heteroatoms. The van der Waals surface area contributed by atoms with Crippen LogP contribution in [0.25, 0.3) is 0 Å². The van der Waals surface area contributed by atoms with Gasteiger partial charge in [-0.2, -0.15) is 0 Å². The first-order valence-corrected chi connectivity index (χ1v) is 6.68. The van der Waals surface area contributed by atoms with E-state index in [4.69, 9.17) is 4.74 Å². The summed E-state index contributed by atoms with van der Waals surface area (Å²) in [6.07, 6.45) is -0.0932. The minimum Gasteiger partial charge on any atom is -0.385 e. The smallest absolute Gasteiger partial charge is 0.261 e. The van der Waals surface area contributed by atoms with Crippen LogP contribution < -0.4 is 10.6 Å². The first-order valence-electron chi connectivity index (χ1n) is 6.68. The third-order valence-corrected chi connectivity index (χ3v) is 3.14. The number of rotatable bonds is 7. The number of ether oxygens (including phenoxy) is 1. The third kappa shape index (κ3) is 4.44. The first kappa shape index (κ1) is 14.2. The molecule has 2 rings (SSSR count). The molecule has 1 heterocycles. The van der Waals surface area contributed by atoms with Crippen molar-refractivity contribution in [2.75, 3.05) is 31.6 Å². The van der Waals surface area contributed by atoms with Gasteiger partial charge < -0.3 is 15.4 Å². The van der Waals surface area contributed by atoms with Crippen LogP contribution in [0.2, 0.25) is 0 Å². The van der Waals surface area contributed by atoms with E-state index in [9.17, 15) is 8.78 Å². The van der Waals surface area contributed by atoms with Gasteiger partial charge in [-0.1, -0.05) is 18.2 Å². The van der Waals surface area contributed by atoms with E-state index in [0.717, 1.165) is 19.5 Å². The van der Waals surface area contributed by atoms with Crippen LogP contribution >= 0.6 is 0 Å². The Labute approximate surface area is 112 Å². The van der Waals surface area contributed by atoms with Gasteiger partial charge in [0.15, 0.2) is 0 Å². The summed E-state index contributed by atoms with van der Waals surface area (Å²) >= 11 is 0. The van der Waals surface area contributed by atoms with E-state index < -0.39 is 13.0 Å². The van der Waals surface area contributed by atoms with Gasteiger partial charge in [-0.05, 0) is 24.0 Å². The second-order valence-electron chi connectivity index (χ2n) is 4.62. The van der Waals surface area contributed by atoms with Crippen LogP contribution in [0.15, 0.2) is 18.2 Å². The molecule has 1 aromatic carbocycles. The minimum absolute atomic E-state index is 0.312. The number of nitrogens with one attached hydrogen (secondary N) is 2. The third-order valence-electron chi connectivity index (χ3n) is 3.14. The molecule has 0 aromatic heterocycles. The Morgan fingerprint density at radius 3 is 3.11 bits per heavy atom. The molecule has 1 aliphatic rings. The van der Waals surface area contributed by atoms with E-state index >= 15 is 0 Å². The monoisotopic (exact) mass is 270 g/mol. The fourth-order valence-corrected chi connectivity index (χ4v) is 2.27. The summed E-state index contributed by atoms with van der Waals surface area (Å²) in [5, 5.41) is 6.64. The summed E-state index contributed by atoms with van der Waals surface area (Å²) in [5.41, 5.74) is 3.82. The molecule has 0 radical (unpaired) electrons. The summed E-state index contributed by atoms with van der Waals surface area (Å²) < 4.78 is 28.5. The van der Waals surface area contributed by atoms with Crippen LogP contribution in [0.4, 0.5) is 14.5 Å². The number of para-hydroxylation sites is 1. The molecule has 0 saturated carbocycles. The minimum atomic E-state index is -2.38. The Morgan fingerprint density at radius 2 is 2.26 bits per heavy atom. The van der Waals surface area contributed by atoms with Crippen LogP contribution in [-0.4, -0.2) is 32.7 Å². The maximum absolute atomic E-state index is 11.8. The predicted octanol–water partition coefficient (Wildman–Crippen LogP) is 2.42. The van der Waals surface area contributed by atoms with Gasteiger partial charge in [-0.15, -0.1) is 0 Å². The summed E-state index contributed by atoms with van der Waals surface area (Å²) in [4.78, 5) is 0. The van der Waals surface area contributed by atoms with Crippen LogP contribution in [0.1, 0.15) is 17.5 Å². The second-order valence-corrected chi connectivity index (χ2v) is 4.62. The number of halogens is 2. The van der Waals surface area contributed by atoms with E-state index in [2.05, 4.69) is 28.8 Å². The maximum Gasteiger partial charge on any atom is 0.261 e. The van der Waals surface area contributed by atoms with Crippen molar-refractivity contribution in [3.63, 3.8) is 0 Å². The van der Waals surface area contributed by atoms with E-state index in [0.29, 0.717) is 13.2 Å². The number of anilines is 1. The summed E-state index contributed by atoms with van der Waals surface area (Å²) in [7, 11) is 0. The van der Waals surface area contributed by atoms with Gasteiger partial charge in [-0.25, -0.2) is 8.78 Å². The number of hydrogen-bond donors (Lipinski definition) is 2. The molecule has 3 nitrogen and oxygen atoms in total. The van der Waals surface area contributed by atoms with Crippen molar-refractivity contribution in [1.82, 2.24) is 5.32 Å². The highest BCUT2D eigenvalue weighted by Gasteiger charge is 2.11. The number of alkyl halides is 2. The highest BCUT2D eigenvalue weighted by Crippen LogP contribution is 2.25. The Kier molecular flexibility index (Phi) is 5.54. The zero-order valence-corrected chi connectivity index (χ0v) is 10.9. The van der Waals surface area contributed by atoms with Crippen LogP contribution in [0.3, 0.4) is 0 Å². The lowest BCUT2D eigenvalue weighted by atomic mass is 9.99. The van der Waals surface area contributed by atoms with Crippen molar-refractivity contribution in [3.05, 3.63) is 29.3 Å². The summed E-state index contributed by atoms with van der Waals surface area (Å²) in [5.74, 6) is 0. The lowest BCUT2D eigenvalue weighted by molar-refractivity contribution is 0.0187. The molecule has 1 aromatic rings. The zero-order chi connectivity index (χ0) is 13.5. The van der Waals surface area contributed by atoms with Crippen molar-refractivity contribution >= 4 is 5.69 Å². The van der Waals surface area contributed by atoms with Crippen molar-refractivity contribution in [1.29, 1.82) is 0 Å². The van der Waals surface area contributed by atoms with Crippen LogP contribution in [-0.2, 0) is 17.7 Å².